The molecule has 0 amide bonds. The second kappa shape index (κ2) is 8.17. The first-order chi connectivity index (χ1) is 12.8. The highest BCUT2D eigenvalue weighted by molar-refractivity contribution is 5.93. The van der Waals surface area contributed by atoms with Gasteiger partial charge in [-0.3, -0.25) is 4.79 Å². The zero-order valence-corrected chi connectivity index (χ0v) is 16.9. The second-order valence-electron chi connectivity index (χ2n) is 8.75. The molecule has 1 saturated carbocycles. The minimum atomic E-state index is -0.548. The van der Waals surface area contributed by atoms with Gasteiger partial charge in [0.2, 0.25) is 0 Å². The van der Waals surface area contributed by atoms with E-state index in [2.05, 4.69) is 26.8 Å². The van der Waals surface area contributed by atoms with Gasteiger partial charge >= 0.3 is 11.9 Å². The molecule has 6 atom stereocenters. The van der Waals surface area contributed by atoms with E-state index in [0.717, 1.165) is 36.8 Å². The molecule has 0 aromatic rings. The van der Waals surface area contributed by atoms with Crippen LogP contribution in [0.2, 0.25) is 0 Å². The first-order valence-electron chi connectivity index (χ1n) is 10.1. The number of ether oxygens (including phenoxy) is 2. The molecule has 0 spiro atoms. The number of rotatable bonds is 6. The summed E-state index contributed by atoms with van der Waals surface area (Å²) in [5.74, 6) is 0.399. The van der Waals surface area contributed by atoms with Crippen LogP contribution in [0.5, 0.6) is 0 Å². The molecule has 2 aliphatic carbocycles. The van der Waals surface area contributed by atoms with Crippen molar-refractivity contribution in [3.8, 4) is 0 Å². The van der Waals surface area contributed by atoms with Crippen molar-refractivity contribution < 1.29 is 24.2 Å². The Morgan fingerprint density at radius 2 is 2.07 bits per heavy atom. The van der Waals surface area contributed by atoms with E-state index in [-0.39, 0.29) is 42.9 Å². The molecule has 3 rings (SSSR count). The number of carbonyl (C=O) groups excluding carboxylic acids is 2. The quantitative estimate of drug-likeness (QED) is 0.568. The highest BCUT2D eigenvalue weighted by atomic mass is 16.5. The lowest BCUT2D eigenvalue weighted by atomic mass is 9.73. The summed E-state index contributed by atoms with van der Waals surface area (Å²) in [6.45, 7) is 8.23. The van der Waals surface area contributed by atoms with Gasteiger partial charge in [-0.1, -0.05) is 18.6 Å². The Kier molecular flexibility index (Phi) is 6.09. The predicted octanol–water partition coefficient (Wildman–Crippen LogP) is 3.42. The number of fused-ring (bicyclic) bond motifs is 2. The summed E-state index contributed by atoms with van der Waals surface area (Å²) in [6.07, 6.45) is 5.01. The van der Waals surface area contributed by atoms with Gasteiger partial charge in [-0.2, -0.15) is 0 Å². The number of carbonyl (C=O) groups is 2. The molecule has 3 aliphatic rings. The Labute approximate surface area is 161 Å². The molecule has 0 saturated heterocycles. The first kappa shape index (κ1) is 20.1. The molecule has 27 heavy (non-hydrogen) atoms. The van der Waals surface area contributed by atoms with E-state index in [1.165, 1.54) is 12.5 Å². The molecule has 5 heteroatoms. The van der Waals surface area contributed by atoms with Crippen LogP contribution in [0.25, 0.3) is 0 Å². The average molecular weight is 376 g/mol. The van der Waals surface area contributed by atoms with Crippen molar-refractivity contribution >= 4 is 11.9 Å². The smallest absolute Gasteiger partial charge is 0.334 e. The number of cyclic esters (lactones) is 1. The van der Waals surface area contributed by atoms with Gasteiger partial charge in [0.15, 0.2) is 0 Å². The largest absolute Gasteiger partial charge is 0.466 e. The van der Waals surface area contributed by atoms with Crippen LogP contribution in [0.4, 0.5) is 0 Å². The molecular weight excluding hydrogens is 344 g/mol. The third kappa shape index (κ3) is 4.45. The lowest BCUT2D eigenvalue weighted by Crippen LogP contribution is -2.36. The molecule has 0 aromatic carbocycles. The van der Waals surface area contributed by atoms with Crippen molar-refractivity contribution in [2.45, 2.75) is 59.5 Å². The van der Waals surface area contributed by atoms with Gasteiger partial charge in [-0.15, -0.1) is 0 Å². The van der Waals surface area contributed by atoms with E-state index in [1.54, 1.807) is 0 Å². The van der Waals surface area contributed by atoms with Crippen molar-refractivity contribution in [1.29, 1.82) is 0 Å². The Hall–Kier alpha value is -1.62. The SMILES string of the molecule is CC(=O)OCC(CCC=C(C)C)C1C2=C(C(=O)OC2)C2CC2C(C)CC1O. The van der Waals surface area contributed by atoms with E-state index in [4.69, 9.17) is 9.47 Å². The maximum absolute atomic E-state index is 12.4. The van der Waals surface area contributed by atoms with Crippen molar-refractivity contribution in [1.82, 2.24) is 0 Å². The zero-order valence-electron chi connectivity index (χ0n) is 16.9. The van der Waals surface area contributed by atoms with E-state index >= 15 is 0 Å². The van der Waals surface area contributed by atoms with Gasteiger partial charge in [0.25, 0.3) is 0 Å². The van der Waals surface area contributed by atoms with E-state index in [1.807, 2.05) is 0 Å². The summed E-state index contributed by atoms with van der Waals surface area (Å²) in [4.78, 5) is 23.8. The molecule has 150 valence electrons. The summed E-state index contributed by atoms with van der Waals surface area (Å²) in [7, 11) is 0. The van der Waals surface area contributed by atoms with Crippen LogP contribution in [0.1, 0.15) is 53.4 Å². The van der Waals surface area contributed by atoms with Gasteiger partial charge in [0.05, 0.1) is 12.7 Å². The molecule has 1 fully saturated rings. The minimum absolute atomic E-state index is 0.0264. The topological polar surface area (TPSA) is 72.8 Å². The number of aliphatic hydroxyl groups is 1. The lowest BCUT2D eigenvalue weighted by Gasteiger charge is -2.34. The first-order valence-corrected chi connectivity index (χ1v) is 10.1. The van der Waals surface area contributed by atoms with Crippen LogP contribution >= 0.6 is 0 Å². The van der Waals surface area contributed by atoms with Gasteiger partial charge < -0.3 is 14.6 Å². The fourth-order valence-electron chi connectivity index (χ4n) is 4.98. The second-order valence-corrected chi connectivity index (χ2v) is 8.75. The van der Waals surface area contributed by atoms with Crippen molar-refractivity contribution in [3.05, 3.63) is 22.8 Å². The molecule has 0 radical (unpaired) electrons. The molecular formula is C22H32O5. The molecule has 5 nitrogen and oxygen atoms in total. The number of hydrogen-bond acceptors (Lipinski definition) is 5. The molecule has 1 heterocycles. The maximum Gasteiger partial charge on any atom is 0.334 e. The van der Waals surface area contributed by atoms with Crippen LogP contribution < -0.4 is 0 Å². The highest BCUT2D eigenvalue weighted by Gasteiger charge is 2.53. The molecule has 6 unspecified atom stereocenters. The number of aliphatic hydroxyl groups excluding tert-OH is 1. The highest BCUT2D eigenvalue weighted by Crippen LogP contribution is 2.55. The van der Waals surface area contributed by atoms with Crippen LogP contribution in [0, 0.1) is 29.6 Å². The summed E-state index contributed by atoms with van der Waals surface area (Å²) in [5, 5.41) is 11.1. The minimum Gasteiger partial charge on any atom is -0.466 e. The number of hydrogen-bond donors (Lipinski definition) is 1. The molecule has 0 bridgehead atoms. The number of allylic oxidation sites excluding steroid dienone is 2. The molecule has 1 N–H and O–H groups in total. The van der Waals surface area contributed by atoms with Gasteiger partial charge in [0, 0.05) is 24.3 Å². The zero-order chi connectivity index (χ0) is 19.7. The summed E-state index contributed by atoms with van der Waals surface area (Å²) in [6, 6.07) is 0. The van der Waals surface area contributed by atoms with Crippen molar-refractivity contribution in [2.24, 2.45) is 29.6 Å². The Bertz CT molecular complexity index is 658. The van der Waals surface area contributed by atoms with Crippen LogP contribution in [-0.2, 0) is 19.1 Å². The summed E-state index contributed by atoms with van der Waals surface area (Å²) < 4.78 is 10.8. The van der Waals surface area contributed by atoms with Gasteiger partial charge in [0.1, 0.15) is 6.61 Å². The average Bonchev–Trinajstić information content (AvgIpc) is 3.27. The standard InChI is InChI=1S/C22H32O5/c1-12(2)6-5-7-15(10-26-14(4)23)20-18-11-27-22(25)21(18)17-9-16(17)13(3)8-19(20)24/h6,13,15-17,19-20,24H,5,7-11H2,1-4H3. The summed E-state index contributed by atoms with van der Waals surface area (Å²) >= 11 is 0. The van der Waals surface area contributed by atoms with Crippen LogP contribution in [0.15, 0.2) is 22.8 Å². The van der Waals surface area contributed by atoms with E-state index in [9.17, 15) is 14.7 Å². The van der Waals surface area contributed by atoms with Crippen molar-refractivity contribution in [2.75, 3.05) is 13.2 Å². The lowest BCUT2D eigenvalue weighted by molar-refractivity contribution is -0.143. The Balaban J connectivity index is 1.91. The molecule has 1 aliphatic heterocycles. The predicted molar refractivity (Wildman–Crippen MR) is 102 cm³/mol. The fourth-order valence-corrected chi connectivity index (χ4v) is 4.98. The van der Waals surface area contributed by atoms with Crippen molar-refractivity contribution in [3.63, 3.8) is 0 Å². The maximum atomic E-state index is 12.4. The molecule has 0 aromatic heterocycles. The third-order valence-corrected chi connectivity index (χ3v) is 6.39. The number of esters is 2. The monoisotopic (exact) mass is 376 g/mol. The van der Waals surface area contributed by atoms with Gasteiger partial charge in [-0.05, 0) is 62.9 Å². The van der Waals surface area contributed by atoms with Crippen LogP contribution in [0.3, 0.4) is 0 Å². The van der Waals surface area contributed by atoms with Crippen LogP contribution in [-0.4, -0.2) is 36.4 Å². The van der Waals surface area contributed by atoms with E-state index in [0.29, 0.717) is 11.8 Å². The van der Waals surface area contributed by atoms with E-state index < -0.39 is 6.10 Å². The fraction of sp³-hybridized carbons (Fsp3) is 0.727. The Morgan fingerprint density at radius 3 is 2.74 bits per heavy atom. The summed E-state index contributed by atoms with van der Waals surface area (Å²) in [5.41, 5.74) is 3.01. The third-order valence-electron chi connectivity index (χ3n) is 6.39. The Morgan fingerprint density at radius 1 is 1.33 bits per heavy atom. The van der Waals surface area contributed by atoms with Gasteiger partial charge in [-0.25, -0.2) is 4.79 Å². The normalized spacial score (nSPS) is 33.2.